The Balaban J connectivity index is 2.04. The van der Waals surface area contributed by atoms with Crippen molar-refractivity contribution in [2.75, 3.05) is 23.8 Å². The fourth-order valence-corrected chi connectivity index (χ4v) is 5.03. The molecule has 0 unspecified atom stereocenters. The molecule has 0 aliphatic heterocycles. The van der Waals surface area contributed by atoms with Gasteiger partial charge in [0.1, 0.15) is 10.6 Å². The lowest BCUT2D eigenvalue weighted by molar-refractivity contribution is -0.138. The standard InChI is InChI=1S/C26H23ClF3N3O5S/c1-5-7-23(34)33(3)17-8-6-9-18(13-17)38-25-22(12-16(2)14-31-25)39(35,36)32-21-11-10-20(27)24(26(28,29)30)19(21)15-37-4/h6,8-14,32H,15H2,1-4H3. The maximum Gasteiger partial charge on any atom is 0.418 e. The molecule has 0 bridgehead atoms. The highest BCUT2D eigenvalue weighted by Crippen LogP contribution is 2.41. The van der Waals surface area contributed by atoms with Gasteiger partial charge in [-0.15, -0.1) is 0 Å². The monoisotopic (exact) mass is 581 g/mol. The number of alkyl halides is 3. The van der Waals surface area contributed by atoms with Crippen LogP contribution in [0.25, 0.3) is 0 Å². The Labute approximate surface area is 228 Å². The van der Waals surface area contributed by atoms with Gasteiger partial charge in [0.15, 0.2) is 0 Å². The summed E-state index contributed by atoms with van der Waals surface area (Å²) in [5.41, 5.74) is -1.21. The molecule has 1 N–H and O–H groups in total. The van der Waals surface area contributed by atoms with E-state index in [4.69, 9.17) is 21.1 Å². The molecular weight excluding hydrogens is 559 g/mol. The van der Waals surface area contributed by atoms with E-state index in [-0.39, 0.29) is 17.3 Å². The second kappa shape index (κ2) is 11.9. The zero-order valence-corrected chi connectivity index (χ0v) is 22.8. The second-order valence-electron chi connectivity index (χ2n) is 8.14. The van der Waals surface area contributed by atoms with Crippen LogP contribution in [-0.4, -0.2) is 33.5 Å². The summed E-state index contributed by atoms with van der Waals surface area (Å²) in [4.78, 5) is 17.0. The summed E-state index contributed by atoms with van der Waals surface area (Å²) < 4.78 is 80.9. The van der Waals surface area contributed by atoms with Crippen molar-refractivity contribution in [2.45, 2.75) is 31.5 Å². The van der Waals surface area contributed by atoms with Crippen molar-refractivity contribution < 1.29 is 35.9 Å². The highest BCUT2D eigenvalue weighted by Gasteiger charge is 2.38. The second-order valence-corrected chi connectivity index (χ2v) is 10.2. The van der Waals surface area contributed by atoms with Crippen molar-refractivity contribution >= 4 is 38.9 Å². The number of benzene rings is 2. The van der Waals surface area contributed by atoms with Crippen LogP contribution in [0, 0.1) is 18.8 Å². The minimum atomic E-state index is -4.87. The Bertz CT molecular complexity index is 1570. The van der Waals surface area contributed by atoms with Gasteiger partial charge in [-0.1, -0.05) is 23.6 Å². The zero-order valence-electron chi connectivity index (χ0n) is 21.2. The molecule has 8 nitrogen and oxygen atoms in total. The number of ether oxygens (including phenoxy) is 2. The van der Waals surface area contributed by atoms with E-state index in [1.807, 2.05) is 0 Å². The molecular formula is C26H23ClF3N3O5S. The van der Waals surface area contributed by atoms with Crippen LogP contribution in [0.2, 0.25) is 5.02 Å². The summed E-state index contributed by atoms with van der Waals surface area (Å²) in [6, 6.07) is 9.52. The van der Waals surface area contributed by atoms with Crippen LogP contribution in [0.5, 0.6) is 11.6 Å². The quantitative estimate of drug-likeness (QED) is 0.338. The molecule has 13 heteroatoms. The first-order valence-corrected chi connectivity index (χ1v) is 13.0. The van der Waals surface area contributed by atoms with Crippen molar-refractivity contribution in [1.29, 1.82) is 0 Å². The third-order valence-corrected chi connectivity index (χ3v) is 6.95. The SMILES string of the molecule is CC#CC(=O)N(C)c1cccc(Oc2ncc(C)cc2S(=O)(=O)Nc2ccc(Cl)c(C(F)(F)F)c2COC)c1. The van der Waals surface area contributed by atoms with E-state index in [1.165, 1.54) is 50.4 Å². The molecule has 0 radical (unpaired) electrons. The largest absolute Gasteiger partial charge is 0.438 e. The molecule has 0 saturated heterocycles. The smallest absolute Gasteiger partial charge is 0.418 e. The number of pyridine rings is 1. The maximum atomic E-state index is 13.7. The third-order valence-electron chi connectivity index (χ3n) is 5.28. The van der Waals surface area contributed by atoms with Gasteiger partial charge in [-0.05, 0) is 55.7 Å². The lowest BCUT2D eigenvalue weighted by Crippen LogP contribution is -2.24. The fourth-order valence-electron chi connectivity index (χ4n) is 3.49. The van der Waals surface area contributed by atoms with Gasteiger partial charge in [-0.3, -0.25) is 9.52 Å². The van der Waals surface area contributed by atoms with E-state index in [0.29, 0.717) is 11.3 Å². The van der Waals surface area contributed by atoms with E-state index in [0.717, 1.165) is 12.1 Å². The average molecular weight is 582 g/mol. The van der Waals surface area contributed by atoms with Gasteiger partial charge in [0.25, 0.3) is 10.0 Å². The van der Waals surface area contributed by atoms with Crippen molar-refractivity contribution in [3.05, 3.63) is 70.4 Å². The number of rotatable bonds is 8. The summed E-state index contributed by atoms with van der Waals surface area (Å²) in [6.07, 6.45) is -3.50. The van der Waals surface area contributed by atoms with Crippen LogP contribution in [-0.2, 0) is 32.3 Å². The Kier molecular flexibility index (Phi) is 9.11. The summed E-state index contributed by atoms with van der Waals surface area (Å²) in [5, 5.41) is -0.605. The number of sulfonamides is 1. The summed E-state index contributed by atoms with van der Waals surface area (Å²) in [7, 11) is -1.86. The van der Waals surface area contributed by atoms with Gasteiger partial charge in [0, 0.05) is 37.7 Å². The highest BCUT2D eigenvalue weighted by molar-refractivity contribution is 7.92. The molecule has 1 heterocycles. The number of carbonyl (C=O) groups excluding carboxylic acids is 1. The van der Waals surface area contributed by atoms with Crippen LogP contribution in [0.15, 0.2) is 53.6 Å². The number of hydrogen-bond acceptors (Lipinski definition) is 6. The topological polar surface area (TPSA) is 97.8 Å². The van der Waals surface area contributed by atoms with Crippen LogP contribution in [0.3, 0.4) is 0 Å². The normalized spacial score (nSPS) is 11.4. The van der Waals surface area contributed by atoms with Gasteiger partial charge in [0.2, 0.25) is 5.88 Å². The van der Waals surface area contributed by atoms with Gasteiger partial charge >= 0.3 is 12.1 Å². The number of aromatic nitrogens is 1. The number of amides is 1. The Hall–Kier alpha value is -3.79. The molecule has 0 spiro atoms. The van der Waals surface area contributed by atoms with Gasteiger partial charge in [-0.2, -0.15) is 13.2 Å². The number of nitrogens with one attached hydrogen (secondary N) is 1. The zero-order chi connectivity index (χ0) is 29.0. The lowest BCUT2D eigenvalue weighted by atomic mass is 10.1. The minimum Gasteiger partial charge on any atom is -0.438 e. The molecule has 0 aliphatic rings. The molecule has 3 rings (SSSR count). The molecule has 1 aromatic heterocycles. The van der Waals surface area contributed by atoms with E-state index >= 15 is 0 Å². The van der Waals surface area contributed by atoms with Crippen molar-refractivity contribution in [3.63, 3.8) is 0 Å². The molecule has 1 amide bonds. The number of nitrogens with zero attached hydrogens (tertiary/aromatic N) is 2. The van der Waals surface area contributed by atoms with Gasteiger partial charge in [0.05, 0.1) is 22.9 Å². The number of methoxy groups -OCH3 is 1. The highest BCUT2D eigenvalue weighted by atomic mass is 35.5. The molecule has 0 saturated carbocycles. The van der Waals surface area contributed by atoms with Crippen molar-refractivity contribution in [2.24, 2.45) is 0 Å². The third kappa shape index (κ3) is 7.00. The summed E-state index contributed by atoms with van der Waals surface area (Å²) in [5.74, 6) is 4.26. The van der Waals surface area contributed by atoms with E-state index < -0.39 is 49.8 Å². The number of carbonyl (C=O) groups is 1. The van der Waals surface area contributed by atoms with E-state index in [1.54, 1.807) is 19.1 Å². The number of aryl methyl sites for hydroxylation is 1. The predicted octanol–water partition coefficient (Wildman–Crippen LogP) is 5.79. The number of anilines is 2. The molecule has 0 aliphatic carbocycles. The Morgan fingerprint density at radius 3 is 2.56 bits per heavy atom. The van der Waals surface area contributed by atoms with Crippen LogP contribution in [0.1, 0.15) is 23.6 Å². The predicted molar refractivity (Wildman–Crippen MR) is 140 cm³/mol. The van der Waals surface area contributed by atoms with E-state index in [2.05, 4.69) is 21.5 Å². The van der Waals surface area contributed by atoms with Crippen LogP contribution >= 0.6 is 11.6 Å². The van der Waals surface area contributed by atoms with Gasteiger partial charge in [-0.25, -0.2) is 13.4 Å². The van der Waals surface area contributed by atoms with Crippen LogP contribution < -0.4 is 14.4 Å². The number of halogens is 4. The molecule has 3 aromatic rings. The first-order chi connectivity index (χ1) is 18.3. The molecule has 206 valence electrons. The van der Waals surface area contributed by atoms with Gasteiger partial charge < -0.3 is 14.4 Å². The molecule has 2 aromatic carbocycles. The number of hydrogen-bond donors (Lipinski definition) is 1. The summed E-state index contributed by atoms with van der Waals surface area (Å²) >= 11 is 5.80. The first-order valence-electron chi connectivity index (χ1n) is 11.1. The average Bonchev–Trinajstić information content (AvgIpc) is 2.86. The Morgan fingerprint density at radius 2 is 1.92 bits per heavy atom. The first kappa shape index (κ1) is 29.8. The lowest BCUT2D eigenvalue weighted by Gasteiger charge is -2.20. The van der Waals surface area contributed by atoms with Crippen molar-refractivity contribution in [3.8, 4) is 23.5 Å². The maximum absolute atomic E-state index is 13.7. The minimum absolute atomic E-state index is 0.148. The molecule has 0 fully saturated rings. The molecule has 39 heavy (non-hydrogen) atoms. The Morgan fingerprint density at radius 1 is 1.21 bits per heavy atom. The van der Waals surface area contributed by atoms with E-state index in [9.17, 15) is 26.4 Å². The molecule has 0 atom stereocenters. The summed E-state index contributed by atoms with van der Waals surface area (Å²) in [6.45, 7) is 2.55. The fraction of sp³-hybridized carbons (Fsp3) is 0.231. The van der Waals surface area contributed by atoms with Crippen LogP contribution in [0.4, 0.5) is 24.5 Å². The van der Waals surface area contributed by atoms with Crippen molar-refractivity contribution in [1.82, 2.24) is 4.98 Å².